The first-order valence-corrected chi connectivity index (χ1v) is 9.58. The Morgan fingerprint density at radius 1 is 0.833 bits per heavy atom. The lowest BCUT2D eigenvalue weighted by atomic mass is 10.1. The molecule has 6 heteroatoms. The summed E-state index contributed by atoms with van der Waals surface area (Å²) in [6.07, 6.45) is 5.47. The van der Waals surface area contributed by atoms with Gasteiger partial charge in [0.15, 0.2) is 5.82 Å². The van der Waals surface area contributed by atoms with Crippen LogP contribution in [0.25, 0.3) is 27.7 Å². The van der Waals surface area contributed by atoms with Gasteiger partial charge in [0, 0.05) is 28.1 Å². The van der Waals surface area contributed by atoms with Crippen LogP contribution in [0.3, 0.4) is 0 Å². The molecule has 0 atom stereocenters. The molecule has 0 aliphatic rings. The van der Waals surface area contributed by atoms with Crippen LogP contribution in [-0.2, 0) is 0 Å². The second kappa shape index (κ2) is 7.97. The summed E-state index contributed by atoms with van der Waals surface area (Å²) in [6, 6.07) is 28.0. The van der Waals surface area contributed by atoms with E-state index in [2.05, 4.69) is 20.7 Å². The highest BCUT2D eigenvalue weighted by atomic mass is 15.3. The molecule has 0 unspecified atom stereocenters. The van der Waals surface area contributed by atoms with Crippen LogP contribution < -0.4 is 5.43 Å². The Hall–Kier alpha value is -4.32. The molecule has 0 spiro atoms. The third kappa shape index (κ3) is 3.54. The molecule has 144 valence electrons. The minimum atomic E-state index is 0.612. The summed E-state index contributed by atoms with van der Waals surface area (Å²) in [5.41, 5.74) is 6.79. The number of rotatable bonds is 5. The van der Waals surface area contributed by atoms with Crippen molar-refractivity contribution < 1.29 is 0 Å². The normalized spacial score (nSPS) is 11.2. The van der Waals surface area contributed by atoms with Crippen molar-refractivity contribution in [3.05, 3.63) is 103 Å². The maximum absolute atomic E-state index is 4.80. The van der Waals surface area contributed by atoms with Gasteiger partial charge in [-0.3, -0.25) is 5.43 Å². The van der Waals surface area contributed by atoms with E-state index in [9.17, 15) is 0 Å². The number of para-hydroxylation sites is 1. The first-order chi connectivity index (χ1) is 14.9. The molecule has 0 saturated carbocycles. The smallest absolute Gasteiger partial charge is 0.176 e. The monoisotopic (exact) mass is 390 g/mol. The van der Waals surface area contributed by atoms with Gasteiger partial charge in [0.05, 0.1) is 18.1 Å². The highest BCUT2D eigenvalue weighted by Gasteiger charge is 2.11. The summed E-state index contributed by atoms with van der Waals surface area (Å²) in [5, 5.41) is 19.4. The number of nitrogens with one attached hydrogen (secondary N) is 1. The standard InChI is InChI=1S/C24H18N6/c1-3-9-18(10-4-1)23-20(17-30(29-23)21-12-5-2-6-13-21)16-26-28-24-22-14-8-7-11-19(22)15-25-27-24/h1-17H,(H,27,28)/b26-16-. The quantitative estimate of drug-likeness (QED) is 0.341. The molecular formula is C24H18N6. The SMILES string of the molecule is C(=N/Nc1nncc2ccccc12)/c1cn(-c2ccccc2)nc1-c1ccccc1. The molecule has 0 aliphatic heterocycles. The summed E-state index contributed by atoms with van der Waals surface area (Å²) in [4.78, 5) is 0. The van der Waals surface area contributed by atoms with Gasteiger partial charge < -0.3 is 0 Å². The Bertz CT molecular complexity index is 1300. The van der Waals surface area contributed by atoms with Crippen LogP contribution in [0.1, 0.15) is 5.56 Å². The van der Waals surface area contributed by atoms with Crippen LogP contribution in [0.15, 0.2) is 102 Å². The molecule has 0 bridgehead atoms. The van der Waals surface area contributed by atoms with E-state index in [1.807, 2.05) is 95.8 Å². The highest BCUT2D eigenvalue weighted by molar-refractivity contribution is 5.92. The number of nitrogens with zero attached hydrogens (tertiary/aromatic N) is 5. The number of hydrogen-bond acceptors (Lipinski definition) is 5. The molecule has 0 radical (unpaired) electrons. The van der Waals surface area contributed by atoms with Gasteiger partial charge in [-0.05, 0) is 12.1 Å². The molecule has 0 saturated heterocycles. The molecule has 0 aliphatic carbocycles. The number of fused-ring (bicyclic) bond motifs is 1. The fraction of sp³-hybridized carbons (Fsp3) is 0. The molecule has 3 aromatic carbocycles. The van der Waals surface area contributed by atoms with E-state index in [0.717, 1.165) is 33.3 Å². The summed E-state index contributed by atoms with van der Waals surface area (Å²) < 4.78 is 1.86. The van der Waals surface area contributed by atoms with Crippen molar-refractivity contribution in [1.82, 2.24) is 20.0 Å². The predicted octanol–water partition coefficient (Wildman–Crippen LogP) is 4.93. The van der Waals surface area contributed by atoms with Crippen molar-refractivity contribution in [2.24, 2.45) is 5.10 Å². The van der Waals surface area contributed by atoms with Crippen LogP contribution in [0.5, 0.6) is 0 Å². The number of anilines is 1. The minimum absolute atomic E-state index is 0.612. The van der Waals surface area contributed by atoms with Gasteiger partial charge >= 0.3 is 0 Å². The van der Waals surface area contributed by atoms with Gasteiger partial charge in [-0.25, -0.2) is 4.68 Å². The topological polar surface area (TPSA) is 68.0 Å². The van der Waals surface area contributed by atoms with Crippen LogP contribution in [0.2, 0.25) is 0 Å². The molecule has 1 N–H and O–H groups in total. The molecule has 0 fully saturated rings. The van der Waals surface area contributed by atoms with Gasteiger partial charge in [0.25, 0.3) is 0 Å². The Kier molecular flexibility index (Phi) is 4.72. The lowest BCUT2D eigenvalue weighted by Crippen LogP contribution is -1.96. The number of benzene rings is 3. The van der Waals surface area contributed by atoms with Gasteiger partial charge in [0.1, 0.15) is 5.69 Å². The molecule has 2 aromatic heterocycles. The molecule has 30 heavy (non-hydrogen) atoms. The largest absolute Gasteiger partial charge is 0.259 e. The zero-order chi connectivity index (χ0) is 20.2. The van der Waals surface area contributed by atoms with E-state index in [-0.39, 0.29) is 0 Å². The van der Waals surface area contributed by atoms with Crippen molar-refractivity contribution >= 4 is 22.8 Å². The minimum Gasteiger partial charge on any atom is -0.259 e. The molecule has 5 rings (SSSR count). The number of aromatic nitrogens is 4. The Morgan fingerprint density at radius 3 is 2.40 bits per heavy atom. The van der Waals surface area contributed by atoms with E-state index < -0.39 is 0 Å². The summed E-state index contributed by atoms with van der Waals surface area (Å²) in [7, 11) is 0. The maximum atomic E-state index is 4.80. The van der Waals surface area contributed by atoms with Crippen LogP contribution >= 0.6 is 0 Å². The van der Waals surface area contributed by atoms with Gasteiger partial charge in [0.2, 0.25) is 0 Å². The van der Waals surface area contributed by atoms with Crippen LogP contribution in [-0.4, -0.2) is 26.2 Å². The molecule has 6 nitrogen and oxygen atoms in total. The summed E-state index contributed by atoms with van der Waals surface area (Å²) >= 11 is 0. The lowest BCUT2D eigenvalue weighted by Gasteiger charge is -2.03. The lowest BCUT2D eigenvalue weighted by molar-refractivity contribution is 0.884. The van der Waals surface area contributed by atoms with Crippen molar-refractivity contribution in [3.63, 3.8) is 0 Å². The van der Waals surface area contributed by atoms with E-state index in [1.165, 1.54) is 0 Å². The fourth-order valence-corrected chi connectivity index (χ4v) is 3.29. The van der Waals surface area contributed by atoms with E-state index >= 15 is 0 Å². The second-order valence-corrected chi connectivity index (χ2v) is 6.73. The first kappa shape index (κ1) is 17.8. The maximum Gasteiger partial charge on any atom is 0.176 e. The second-order valence-electron chi connectivity index (χ2n) is 6.73. The van der Waals surface area contributed by atoms with Gasteiger partial charge in [-0.2, -0.15) is 15.3 Å². The fourth-order valence-electron chi connectivity index (χ4n) is 3.29. The van der Waals surface area contributed by atoms with E-state index in [1.54, 1.807) is 12.4 Å². The average molecular weight is 390 g/mol. The first-order valence-electron chi connectivity index (χ1n) is 9.58. The molecule has 2 heterocycles. The van der Waals surface area contributed by atoms with Crippen molar-refractivity contribution in [2.75, 3.05) is 5.43 Å². The van der Waals surface area contributed by atoms with Crippen LogP contribution in [0, 0.1) is 0 Å². The van der Waals surface area contributed by atoms with Crippen molar-refractivity contribution in [2.45, 2.75) is 0 Å². The molecule has 5 aromatic rings. The predicted molar refractivity (Wildman–Crippen MR) is 120 cm³/mol. The van der Waals surface area contributed by atoms with E-state index in [4.69, 9.17) is 5.10 Å². The third-order valence-corrected chi connectivity index (χ3v) is 4.76. The van der Waals surface area contributed by atoms with Gasteiger partial charge in [-0.1, -0.05) is 72.8 Å². The third-order valence-electron chi connectivity index (χ3n) is 4.76. The summed E-state index contributed by atoms with van der Waals surface area (Å²) in [5.74, 6) is 0.612. The molecular weight excluding hydrogens is 372 g/mol. The average Bonchev–Trinajstić information content (AvgIpc) is 3.25. The number of hydrazone groups is 1. The molecule has 0 amide bonds. The summed E-state index contributed by atoms with van der Waals surface area (Å²) in [6.45, 7) is 0. The Morgan fingerprint density at radius 2 is 1.57 bits per heavy atom. The van der Waals surface area contributed by atoms with Crippen molar-refractivity contribution in [3.8, 4) is 16.9 Å². The van der Waals surface area contributed by atoms with Gasteiger partial charge in [-0.15, -0.1) is 5.10 Å². The Labute approximate surface area is 173 Å². The number of hydrogen-bond donors (Lipinski definition) is 1. The van der Waals surface area contributed by atoms with E-state index in [0.29, 0.717) is 5.82 Å². The zero-order valence-corrected chi connectivity index (χ0v) is 16.1. The Balaban J connectivity index is 1.50. The zero-order valence-electron chi connectivity index (χ0n) is 16.1. The van der Waals surface area contributed by atoms with Crippen LogP contribution in [0.4, 0.5) is 5.82 Å². The van der Waals surface area contributed by atoms with Crippen molar-refractivity contribution in [1.29, 1.82) is 0 Å². The highest BCUT2D eigenvalue weighted by Crippen LogP contribution is 2.23.